The number of hydrogen-bond donors (Lipinski definition) is 0. The van der Waals surface area contributed by atoms with E-state index in [0.29, 0.717) is 11.3 Å². The van der Waals surface area contributed by atoms with Gasteiger partial charge in [-0.05, 0) is 48.0 Å². The molecule has 0 saturated carbocycles. The third-order valence-corrected chi connectivity index (χ3v) is 3.50. The average molecular weight is 323 g/mol. The zero-order valence-corrected chi connectivity index (χ0v) is 12.6. The summed E-state index contributed by atoms with van der Waals surface area (Å²) in [5, 5.41) is 4.48. The minimum absolute atomic E-state index is 0.212. The molecule has 0 saturated heterocycles. The topological polar surface area (TPSA) is 44.1 Å². The number of ether oxygens (including phenoxy) is 1. The number of aldehydes is 1. The highest BCUT2D eigenvalue weighted by atomic mass is 79.9. The molecule has 0 unspecified atom stereocenters. The molecule has 0 aliphatic carbocycles. The quantitative estimate of drug-likeness (QED) is 0.806. The van der Waals surface area contributed by atoms with E-state index in [1.807, 2.05) is 32.0 Å². The van der Waals surface area contributed by atoms with Crippen molar-refractivity contribution >= 4 is 22.2 Å². The highest BCUT2D eigenvalue weighted by Gasteiger charge is 2.15. The lowest BCUT2D eigenvalue weighted by Gasteiger charge is -2.06. The third-order valence-electron chi connectivity index (χ3n) is 2.85. The number of carbonyl (C=O) groups excluding carboxylic acids is 1. The molecular weight excluding hydrogens is 308 g/mol. The molecule has 0 radical (unpaired) electrons. The molecule has 2 rings (SSSR count). The van der Waals surface area contributed by atoms with Crippen molar-refractivity contribution in [3.05, 3.63) is 34.4 Å². The Balaban J connectivity index is 2.54. The van der Waals surface area contributed by atoms with Gasteiger partial charge >= 0.3 is 0 Å². The standard InChI is InChI=1S/C14H15BrN2O2/c1-9(2)17-7-10(8-18)14(16-17)12-5-4-11(19-3)6-13(12)15/h4-9H,1-3H3. The SMILES string of the molecule is COc1ccc(-c2nn(C(C)C)cc2C=O)c(Br)c1. The lowest BCUT2D eigenvalue weighted by atomic mass is 10.1. The average Bonchev–Trinajstić information content (AvgIpc) is 2.82. The number of hydrogen-bond acceptors (Lipinski definition) is 3. The van der Waals surface area contributed by atoms with Crippen LogP contribution in [0.15, 0.2) is 28.9 Å². The first-order valence-corrected chi connectivity index (χ1v) is 6.74. The third kappa shape index (κ3) is 2.71. The molecule has 0 fully saturated rings. The highest BCUT2D eigenvalue weighted by molar-refractivity contribution is 9.10. The molecule has 0 N–H and O–H groups in total. The summed E-state index contributed by atoms with van der Waals surface area (Å²) in [6.45, 7) is 4.04. The van der Waals surface area contributed by atoms with Crippen molar-refractivity contribution in [2.75, 3.05) is 7.11 Å². The molecule has 1 aromatic carbocycles. The Morgan fingerprint density at radius 2 is 2.16 bits per heavy atom. The van der Waals surface area contributed by atoms with Gasteiger partial charge in [0.1, 0.15) is 11.4 Å². The lowest BCUT2D eigenvalue weighted by Crippen LogP contribution is -2.00. The van der Waals surface area contributed by atoms with E-state index in [2.05, 4.69) is 21.0 Å². The van der Waals surface area contributed by atoms with Gasteiger partial charge in [0, 0.05) is 22.3 Å². The number of carbonyl (C=O) groups is 1. The molecule has 0 bridgehead atoms. The van der Waals surface area contributed by atoms with Gasteiger partial charge in [-0.3, -0.25) is 9.48 Å². The van der Waals surface area contributed by atoms with Crippen molar-refractivity contribution < 1.29 is 9.53 Å². The maximum absolute atomic E-state index is 11.2. The van der Waals surface area contributed by atoms with E-state index < -0.39 is 0 Å². The van der Waals surface area contributed by atoms with Gasteiger partial charge in [0.25, 0.3) is 0 Å². The number of aromatic nitrogens is 2. The van der Waals surface area contributed by atoms with Crippen molar-refractivity contribution in [3.63, 3.8) is 0 Å². The first-order valence-electron chi connectivity index (χ1n) is 5.95. The van der Waals surface area contributed by atoms with Gasteiger partial charge in [0.05, 0.1) is 12.7 Å². The van der Waals surface area contributed by atoms with Crippen molar-refractivity contribution in [1.29, 1.82) is 0 Å². The largest absolute Gasteiger partial charge is 0.497 e. The summed E-state index contributed by atoms with van der Waals surface area (Å²) in [6, 6.07) is 5.81. The minimum atomic E-state index is 0.212. The second-order valence-electron chi connectivity index (χ2n) is 4.47. The number of halogens is 1. The maximum atomic E-state index is 11.2. The molecule has 2 aromatic rings. The zero-order chi connectivity index (χ0) is 14.0. The molecule has 0 aliphatic heterocycles. The van der Waals surface area contributed by atoms with Gasteiger partial charge in [-0.15, -0.1) is 0 Å². The molecule has 1 aromatic heterocycles. The fraction of sp³-hybridized carbons (Fsp3) is 0.286. The van der Waals surface area contributed by atoms with Gasteiger partial charge in [0.2, 0.25) is 0 Å². The number of benzene rings is 1. The number of methoxy groups -OCH3 is 1. The van der Waals surface area contributed by atoms with Crippen molar-refractivity contribution in [2.45, 2.75) is 19.9 Å². The summed E-state index contributed by atoms with van der Waals surface area (Å²) >= 11 is 3.49. The second-order valence-corrected chi connectivity index (χ2v) is 5.32. The van der Waals surface area contributed by atoms with E-state index in [1.165, 1.54) is 0 Å². The molecular formula is C14H15BrN2O2. The van der Waals surface area contributed by atoms with Crippen molar-refractivity contribution in [3.8, 4) is 17.0 Å². The van der Waals surface area contributed by atoms with E-state index in [-0.39, 0.29) is 6.04 Å². The van der Waals surface area contributed by atoms with Crippen LogP contribution in [0.1, 0.15) is 30.2 Å². The summed E-state index contributed by atoms with van der Waals surface area (Å²) in [4.78, 5) is 11.2. The molecule has 100 valence electrons. The van der Waals surface area contributed by atoms with Crippen LogP contribution in [0.3, 0.4) is 0 Å². The fourth-order valence-electron chi connectivity index (χ4n) is 1.78. The molecule has 19 heavy (non-hydrogen) atoms. The molecule has 0 atom stereocenters. The van der Waals surface area contributed by atoms with Gasteiger partial charge in [0.15, 0.2) is 6.29 Å². The lowest BCUT2D eigenvalue weighted by molar-refractivity contribution is 0.112. The van der Waals surface area contributed by atoms with E-state index >= 15 is 0 Å². The number of nitrogens with zero attached hydrogens (tertiary/aromatic N) is 2. The summed E-state index contributed by atoms with van der Waals surface area (Å²) in [6.07, 6.45) is 2.60. The molecule has 0 amide bonds. The van der Waals surface area contributed by atoms with Crippen LogP contribution in [0, 0.1) is 0 Å². The zero-order valence-electron chi connectivity index (χ0n) is 11.1. The fourth-order valence-corrected chi connectivity index (χ4v) is 2.33. The number of rotatable bonds is 4. The van der Waals surface area contributed by atoms with Crippen LogP contribution < -0.4 is 4.74 Å². The van der Waals surface area contributed by atoms with Gasteiger partial charge < -0.3 is 4.74 Å². The molecule has 4 nitrogen and oxygen atoms in total. The normalized spacial score (nSPS) is 10.8. The molecule has 5 heteroatoms. The Labute approximate surface area is 120 Å². The van der Waals surface area contributed by atoms with Crippen molar-refractivity contribution in [2.24, 2.45) is 0 Å². The van der Waals surface area contributed by atoms with Crippen molar-refractivity contribution in [1.82, 2.24) is 9.78 Å². The smallest absolute Gasteiger partial charge is 0.153 e. The maximum Gasteiger partial charge on any atom is 0.153 e. The van der Waals surface area contributed by atoms with Gasteiger partial charge in [-0.1, -0.05) is 0 Å². The first kappa shape index (κ1) is 13.8. The van der Waals surface area contributed by atoms with E-state index in [4.69, 9.17) is 4.74 Å². The highest BCUT2D eigenvalue weighted by Crippen LogP contribution is 2.32. The Morgan fingerprint density at radius 1 is 1.42 bits per heavy atom. The van der Waals surface area contributed by atoms with Crippen LogP contribution in [0.2, 0.25) is 0 Å². The monoisotopic (exact) mass is 322 g/mol. The van der Waals surface area contributed by atoms with E-state index in [0.717, 1.165) is 22.1 Å². The molecule has 1 heterocycles. The Kier molecular flexibility index (Phi) is 4.04. The second kappa shape index (κ2) is 5.57. The van der Waals surface area contributed by atoms with Crippen LogP contribution >= 0.6 is 15.9 Å². The van der Waals surface area contributed by atoms with Crippen LogP contribution in [0.4, 0.5) is 0 Å². The molecule has 0 spiro atoms. The minimum Gasteiger partial charge on any atom is -0.497 e. The predicted octanol–water partition coefficient (Wildman–Crippen LogP) is 3.71. The Morgan fingerprint density at radius 3 is 2.68 bits per heavy atom. The van der Waals surface area contributed by atoms with Crippen LogP contribution in [-0.4, -0.2) is 23.2 Å². The summed E-state index contributed by atoms with van der Waals surface area (Å²) in [5.41, 5.74) is 2.14. The first-order chi connectivity index (χ1) is 9.06. The summed E-state index contributed by atoms with van der Waals surface area (Å²) in [7, 11) is 1.62. The Bertz CT molecular complexity index is 605. The van der Waals surface area contributed by atoms with Crippen LogP contribution in [0.5, 0.6) is 5.75 Å². The summed E-state index contributed by atoms with van der Waals surface area (Å²) < 4.78 is 7.80. The summed E-state index contributed by atoms with van der Waals surface area (Å²) in [5.74, 6) is 0.756. The van der Waals surface area contributed by atoms with Crippen LogP contribution in [0.25, 0.3) is 11.3 Å². The molecule has 0 aliphatic rings. The van der Waals surface area contributed by atoms with E-state index in [9.17, 15) is 4.79 Å². The van der Waals surface area contributed by atoms with Gasteiger partial charge in [-0.25, -0.2) is 0 Å². The van der Waals surface area contributed by atoms with E-state index in [1.54, 1.807) is 18.0 Å². The predicted molar refractivity (Wildman–Crippen MR) is 77.7 cm³/mol. The van der Waals surface area contributed by atoms with Gasteiger partial charge in [-0.2, -0.15) is 5.10 Å². The van der Waals surface area contributed by atoms with Crippen LogP contribution in [-0.2, 0) is 0 Å². The Hall–Kier alpha value is -1.62.